The fourth-order valence-corrected chi connectivity index (χ4v) is 5.57. The summed E-state index contributed by atoms with van der Waals surface area (Å²) < 4.78 is 27.6. The molecule has 2 N–H and O–H groups in total. The number of benzene rings is 2. The third-order valence-electron chi connectivity index (χ3n) is 5.99. The Hall–Kier alpha value is -2.91. The van der Waals surface area contributed by atoms with Crippen molar-refractivity contribution in [1.29, 1.82) is 0 Å². The molecule has 184 valence electrons. The van der Waals surface area contributed by atoms with Crippen molar-refractivity contribution in [3.8, 4) is 0 Å². The summed E-state index contributed by atoms with van der Waals surface area (Å²) in [6.45, 7) is 7.79. The Morgan fingerprint density at radius 2 is 1.65 bits per heavy atom. The van der Waals surface area contributed by atoms with Gasteiger partial charge in [0.25, 0.3) is 5.91 Å². The Bertz CT molecular complexity index is 1120. The summed E-state index contributed by atoms with van der Waals surface area (Å²) in [5.74, 6) is -0.512. The molecule has 2 aromatic carbocycles. The number of sulfonamides is 1. The highest BCUT2D eigenvalue weighted by Crippen LogP contribution is 2.32. The predicted molar refractivity (Wildman–Crippen MR) is 136 cm³/mol. The number of nitrogens with one attached hydrogen (secondary N) is 2. The normalized spacial score (nSPS) is 14.2. The zero-order valence-electron chi connectivity index (χ0n) is 20.1. The van der Waals surface area contributed by atoms with Gasteiger partial charge in [0, 0.05) is 43.9 Å². The molecule has 34 heavy (non-hydrogen) atoms. The van der Waals surface area contributed by atoms with Gasteiger partial charge < -0.3 is 15.5 Å². The number of amides is 2. The predicted octanol–water partition coefficient (Wildman–Crippen LogP) is 4.31. The highest BCUT2D eigenvalue weighted by molar-refractivity contribution is 7.89. The highest BCUT2D eigenvalue weighted by Gasteiger charge is 2.25. The van der Waals surface area contributed by atoms with Crippen molar-refractivity contribution in [3.05, 3.63) is 48.0 Å². The van der Waals surface area contributed by atoms with Gasteiger partial charge in [-0.15, -0.1) is 0 Å². The van der Waals surface area contributed by atoms with Crippen LogP contribution in [0.15, 0.2) is 47.4 Å². The van der Waals surface area contributed by atoms with E-state index < -0.39 is 10.0 Å². The first-order chi connectivity index (χ1) is 16.3. The maximum atomic E-state index is 13.2. The van der Waals surface area contributed by atoms with Crippen LogP contribution in [0.25, 0.3) is 0 Å². The minimum atomic E-state index is -3.68. The van der Waals surface area contributed by atoms with E-state index in [0.717, 1.165) is 38.0 Å². The standard InChI is InChI=1S/C25H34N4O4S/c1-4-24(30)26-20-12-10-11-19(17-20)25(31)27-22-18-21(34(32,33)29(5-2)6-3)13-14-23(22)28-15-8-7-9-16-28/h10-14,17-18H,4-9,15-16H2,1-3H3,(H,26,30)(H,27,31). The van der Waals surface area contributed by atoms with Crippen LogP contribution < -0.4 is 15.5 Å². The molecule has 1 aliphatic heterocycles. The van der Waals surface area contributed by atoms with E-state index in [1.54, 1.807) is 63.2 Å². The Labute approximate surface area is 202 Å². The lowest BCUT2D eigenvalue weighted by molar-refractivity contribution is -0.115. The van der Waals surface area contributed by atoms with Crippen molar-refractivity contribution in [2.75, 3.05) is 41.7 Å². The molecule has 0 aromatic heterocycles. The fraction of sp³-hybridized carbons (Fsp3) is 0.440. The molecule has 0 saturated carbocycles. The summed E-state index contributed by atoms with van der Waals surface area (Å²) in [6.07, 6.45) is 3.59. The van der Waals surface area contributed by atoms with Crippen LogP contribution in [0.3, 0.4) is 0 Å². The van der Waals surface area contributed by atoms with Crippen LogP contribution in [-0.4, -0.2) is 50.7 Å². The SMILES string of the molecule is CCC(=O)Nc1cccc(C(=O)Nc2cc(S(=O)(=O)N(CC)CC)ccc2N2CCCCC2)c1. The zero-order valence-corrected chi connectivity index (χ0v) is 21.0. The van der Waals surface area contributed by atoms with Crippen LogP contribution in [0.2, 0.25) is 0 Å². The molecule has 1 fully saturated rings. The number of hydrogen-bond donors (Lipinski definition) is 2. The maximum Gasteiger partial charge on any atom is 0.255 e. The summed E-state index contributed by atoms with van der Waals surface area (Å²) in [4.78, 5) is 27.2. The monoisotopic (exact) mass is 486 g/mol. The molecule has 0 spiro atoms. The van der Waals surface area contributed by atoms with Gasteiger partial charge in [-0.1, -0.05) is 26.8 Å². The van der Waals surface area contributed by atoms with E-state index in [4.69, 9.17) is 0 Å². The first-order valence-corrected chi connectivity index (χ1v) is 13.3. The van der Waals surface area contributed by atoms with Gasteiger partial charge in [-0.25, -0.2) is 8.42 Å². The molecule has 8 nitrogen and oxygen atoms in total. The quantitative estimate of drug-likeness (QED) is 0.550. The largest absolute Gasteiger partial charge is 0.370 e. The number of hydrogen-bond acceptors (Lipinski definition) is 5. The lowest BCUT2D eigenvalue weighted by Crippen LogP contribution is -2.32. The Kier molecular flexibility index (Phi) is 8.68. The topological polar surface area (TPSA) is 98.8 Å². The summed E-state index contributed by atoms with van der Waals surface area (Å²) in [5, 5.41) is 5.69. The van der Waals surface area contributed by atoms with Crippen molar-refractivity contribution >= 4 is 38.9 Å². The highest BCUT2D eigenvalue weighted by atomic mass is 32.2. The second kappa shape index (κ2) is 11.5. The van der Waals surface area contributed by atoms with Crippen LogP contribution in [-0.2, 0) is 14.8 Å². The van der Waals surface area contributed by atoms with Crippen LogP contribution in [0.4, 0.5) is 17.1 Å². The molecule has 1 aliphatic rings. The van der Waals surface area contributed by atoms with Gasteiger partial charge in [0.2, 0.25) is 15.9 Å². The molecule has 1 heterocycles. The van der Waals surface area contributed by atoms with Crippen molar-refractivity contribution in [3.63, 3.8) is 0 Å². The second-order valence-corrected chi connectivity index (χ2v) is 10.2. The van der Waals surface area contributed by atoms with E-state index >= 15 is 0 Å². The number of carbonyl (C=O) groups excluding carboxylic acids is 2. The van der Waals surface area contributed by atoms with Crippen LogP contribution in [0.5, 0.6) is 0 Å². The summed E-state index contributed by atoms with van der Waals surface area (Å²) in [7, 11) is -3.68. The van der Waals surface area contributed by atoms with Gasteiger partial charge >= 0.3 is 0 Å². The molecular formula is C25H34N4O4S. The molecule has 0 aliphatic carbocycles. The molecule has 0 unspecified atom stereocenters. The van der Waals surface area contributed by atoms with Crippen LogP contribution in [0.1, 0.15) is 56.8 Å². The third kappa shape index (κ3) is 5.95. The van der Waals surface area contributed by atoms with Gasteiger partial charge in [0.15, 0.2) is 0 Å². The average molecular weight is 487 g/mol. The molecular weight excluding hydrogens is 452 g/mol. The fourth-order valence-electron chi connectivity index (χ4n) is 4.08. The van der Waals surface area contributed by atoms with Gasteiger partial charge in [0.05, 0.1) is 16.3 Å². The second-order valence-electron chi connectivity index (χ2n) is 8.25. The molecule has 0 radical (unpaired) electrons. The molecule has 0 bridgehead atoms. The number of carbonyl (C=O) groups is 2. The van der Waals surface area contributed by atoms with Crippen molar-refractivity contribution in [2.45, 2.75) is 51.3 Å². The van der Waals surface area contributed by atoms with Crippen LogP contribution in [0, 0.1) is 0 Å². The van der Waals surface area contributed by atoms with Crippen molar-refractivity contribution in [1.82, 2.24) is 4.31 Å². The van der Waals surface area contributed by atoms with Crippen LogP contribution >= 0.6 is 0 Å². The van der Waals surface area contributed by atoms with Gasteiger partial charge in [-0.2, -0.15) is 4.31 Å². The molecule has 0 atom stereocenters. The average Bonchev–Trinajstić information content (AvgIpc) is 2.85. The van der Waals surface area contributed by atoms with E-state index in [1.807, 2.05) is 0 Å². The van der Waals surface area contributed by atoms with Crippen molar-refractivity contribution < 1.29 is 18.0 Å². The Morgan fingerprint density at radius 3 is 2.29 bits per heavy atom. The minimum absolute atomic E-state index is 0.140. The smallest absolute Gasteiger partial charge is 0.255 e. The van der Waals surface area contributed by atoms with E-state index in [9.17, 15) is 18.0 Å². The molecule has 9 heteroatoms. The zero-order chi connectivity index (χ0) is 24.7. The Balaban J connectivity index is 1.96. The Morgan fingerprint density at radius 1 is 0.941 bits per heavy atom. The maximum absolute atomic E-state index is 13.2. The lowest BCUT2D eigenvalue weighted by atomic mass is 10.1. The van der Waals surface area contributed by atoms with E-state index in [2.05, 4.69) is 15.5 Å². The van der Waals surface area contributed by atoms with E-state index in [0.29, 0.717) is 36.4 Å². The molecule has 3 rings (SSSR count). The van der Waals surface area contributed by atoms with Crippen molar-refractivity contribution in [2.24, 2.45) is 0 Å². The van der Waals surface area contributed by atoms with E-state index in [-0.39, 0.29) is 16.7 Å². The number of nitrogens with zero attached hydrogens (tertiary/aromatic N) is 2. The summed E-state index contributed by atoms with van der Waals surface area (Å²) in [6, 6.07) is 11.7. The number of piperidine rings is 1. The summed E-state index contributed by atoms with van der Waals surface area (Å²) in [5.41, 5.74) is 2.18. The van der Waals surface area contributed by atoms with Gasteiger partial charge in [-0.05, 0) is 55.7 Å². The minimum Gasteiger partial charge on any atom is -0.370 e. The first-order valence-electron chi connectivity index (χ1n) is 11.9. The molecule has 1 saturated heterocycles. The van der Waals surface area contributed by atoms with Gasteiger partial charge in [0.1, 0.15) is 0 Å². The molecule has 2 amide bonds. The number of rotatable bonds is 9. The number of anilines is 3. The van der Waals surface area contributed by atoms with E-state index in [1.165, 1.54) is 4.31 Å². The molecule has 2 aromatic rings. The van der Waals surface area contributed by atoms with Gasteiger partial charge in [-0.3, -0.25) is 9.59 Å². The lowest BCUT2D eigenvalue weighted by Gasteiger charge is -2.31. The first kappa shape index (κ1) is 25.7. The third-order valence-corrected chi connectivity index (χ3v) is 8.03. The summed E-state index contributed by atoms with van der Waals surface area (Å²) >= 11 is 0.